The van der Waals surface area contributed by atoms with E-state index in [1.165, 1.54) is 0 Å². The Kier molecular flexibility index (Phi) is 4.39. The van der Waals surface area contributed by atoms with Crippen molar-refractivity contribution < 1.29 is 0 Å². The van der Waals surface area contributed by atoms with Gasteiger partial charge in [0.05, 0.1) is 0 Å². The molecule has 0 aliphatic heterocycles. The van der Waals surface area contributed by atoms with Crippen LogP contribution >= 0.6 is 11.6 Å². The first kappa shape index (κ1) is 15.2. The maximum atomic E-state index is 12.2. The minimum Gasteiger partial charge on any atom is -0.324 e. The lowest BCUT2D eigenvalue weighted by molar-refractivity contribution is 0.874. The lowest BCUT2D eigenvalue weighted by Crippen LogP contribution is -2.19. The fourth-order valence-corrected chi connectivity index (χ4v) is 2.33. The van der Waals surface area contributed by atoms with Gasteiger partial charge in [-0.3, -0.25) is 9.78 Å². The summed E-state index contributed by atoms with van der Waals surface area (Å²) < 4.78 is 0. The molecule has 0 unspecified atom stereocenters. The smallest absolute Gasteiger partial charge is 0.274 e. The normalized spacial score (nSPS) is 10.5. The maximum Gasteiger partial charge on any atom is 0.274 e. The van der Waals surface area contributed by atoms with Crippen molar-refractivity contribution in [3.05, 3.63) is 80.7 Å². The number of anilines is 2. The molecule has 3 rings (SSSR count). The van der Waals surface area contributed by atoms with Gasteiger partial charge in [0.15, 0.2) is 0 Å². The molecule has 1 heterocycles. The summed E-state index contributed by atoms with van der Waals surface area (Å²) in [5.41, 5.74) is 2.87. The number of aromatic amines is 1. The molecule has 2 aromatic carbocycles. The van der Waals surface area contributed by atoms with E-state index in [9.17, 15) is 4.79 Å². The standard InChI is InChI=1S/C17H15ClN4O/c1-11-6-8-13(9-7-11)19-17-20-16(23)15(21-22-17)10-12-4-2-3-5-14(12)18/h2-9H,10H2,1H3,(H2,19,20,22,23). The highest BCUT2D eigenvalue weighted by Gasteiger charge is 2.08. The Bertz CT molecular complexity index is 874. The Hall–Kier alpha value is -2.66. The Morgan fingerprint density at radius 2 is 1.83 bits per heavy atom. The number of nitrogens with one attached hydrogen (secondary N) is 2. The molecule has 0 atom stereocenters. The summed E-state index contributed by atoms with van der Waals surface area (Å²) in [6, 6.07) is 15.1. The third kappa shape index (κ3) is 3.76. The van der Waals surface area contributed by atoms with E-state index in [4.69, 9.17) is 11.6 Å². The number of H-pyrrole nitrogens is 1. The molecule has 0 saturated carbocycles. The van der Waals surface area contributed by atoms with Crippen LogP contribution in [0.15, 0.2) is 53.3 Å². The monoisotopic (exact) mass is 326 g/mol. The average molecular weight is 327 g/mol. The van der Waals surface area contributed by atoms with Crippen LogP contribution in [0.5, 0.6) is 0 Å². The quantitative estimate of drug-likeness (QED) is 0.770. The van der Waals surface area contributed by atoms with Crippen LogP contribution in [0.1, 0.15) is 16.8 Å². The Balaban J connectivity index is 1.79. The number of rotatable bonds is 4. The first-order valence-electron chi connectivity index (χ1n) is 7.15. The van der Waals surface area contributed by atoms with E-state index in [0.29, 0.717) is 23.1 Å². The first-order chi connectivity index (χ1) is 11.1. The van der Waals surface area contributed by atoms with Gasteiger partial charge in [0, 0.05) is 17.1 Å². The molecule has 0 aliphatic carbocycles. The lowest BCUT2D eigenvalue weighted by atomic mass is 10.1. The summed E-state index contributed by atoms with van der Waals surface area (Å²) in [7, 11) is 0. The highest BCUT2D eigenvalue weighted by molar-refractivity contribution is 6.31. The van der Waals surface area contributed by atoms with E-state index in [2.05, 4.69) is 20.5 Å². The van der Waals surface area contributed by atoms with Crippen LogP contribution in [-0.4, -0.2) is 15.2 Å². The van der Waals surface area contributed by atoms with Crippen molar-refractivity contribution in [3.63, 3.8) is 0 Å². The van der Waals surface area contributed by atoms with Gasteiger partial charge in [-0.1, -0.05) is 47.5 Å². The van der Waals surface area contributed by atoms with Gasteiger partial charge in [-0.2, -0.15) is 0 Å². The van der Waals surface area contributed by atoms with Gasteiger partial charge in [0.25, 0.3) is 5.56 Å². The minimum absolute atomic E-state index is 0.283. The molecule has 0 saturated heterocycles. The van der Waals surface area contributed by atoms with E-state index in [-0.39, 0.29) is 5.56 Å². The lowest BCUT2D eigenvalue weighted by Gasteiger charge is -2.06. The second kappa shape index (κ2) is 6.62. The number of hydrogen-bond donors (Lipinski definition) is 2. The van der Waals surface area contributed by atoms with Crippen molar-refractivity contribution in [2.75, 3.05) is 5.32 Å². The summed E-state index contributed by atoms with van der Waals surface area (Å²) in [4.78, 5) is 14.9. The van der Waals surface area contributed by atoms with Crippen molar-refractivity contribution in [2.24, 2.45) is 0 Å². The molecule has 0 spiro atoms. The summed E-state index contributed by atoms with van der Waals surface area (Å²) in [6.07, 6.45) is 0.340. The largest absolute Gasteiger partial charge is 0.324 e. The molecule has 1 aromatic heterocycles. The highest BCUT2D eigenvalue weighted by atomic mass is 35.5. The van der Waals surface area contributed by atoms with Gasteiger partial charge in [0.2, 0.25) is 5.95 Å². The van der Waals surface area contributed by atoms with Crippen molar-refractivity contribution in [3.8, 4) is 0 Å². The van der Waals surface area contributed by atoms with Crippen LogP contribution in [0.25, 0.3) is 0 Å². The van der Waals surface area contributed by atoms with Crippen LogP contribution in [0.3, 0.4) is 0 Å². The average Bonchev–Trinajstić information content (AvgIpc) is 2.54. The van der Waals surface area contributed by atoms with Crippen LogP contribution in [0.2, 0.25) is 5.02 Å². The summed E-state index contributed by atoms with van der Waals surface area (Å²) >= 11 is 6.11. The molecule has 2 N–H and O–H groups in total. The third-order valence-electron chi connectivity index (χ3n) is 3.39. The van der Waals surface area contributed by atoms with Crippen molar-refractivity contribution >= 4 is 23.2 Å². The molecule has 0 amide bonds. The van der Waals surface area contributed by atoms with Gasteiger partial charge in [-0.25, -0.2) is 0 Å². The molecule has 0 aliphatic rings. The molecular formula is C17H15ClN4O. The zero-order chi connectivity index (χ0) is 16.2. The summed E-state index contributed by atoms with van der Waals surface area (Å²) in [5.74, 6) is 0.307. The molecule has 5 nitrogen and oxygen atoms in total. The number of halogens is 1. The topological polar surface area (TPSA) is 70.7 Å². The first-order valence-corrected chi connectivity index (χ1v) is 7.52. The van der Waals surface area contributed by atoms with Crippen molar-refractivity contribution in [2.45, 2.75) is 13.3 Å². The van der Waals surface area contributed by atoms with E-state index < -0.39 is 0 Å². The van der Waals surface area contributed by atoms with Crippen LogP contribution < -0.4 is 10.9 Å². The van der Waals surface area contributed by atoms with Crippen molar-refractivity contribution in [1.29, 1.82) is 0 Å². The Morgan fingerprint density at radius 1 is 1.09 bits per heavy atom. The van der Waals surface area contributed by atoms with Crippen LogP contribution in [0.4, 0.5) is 11.6 Å². The molecule has 0 radical (unpaired) electrons. The van der Waals surface area contributed by atoms with Crippen LogP contribution in [-0.2, 0) is 6.42 Å². The SMILES string of the molecule is Cc1ccc(Nc2nnc(Cc3ccccc3Cl)c(=O)[nH]2)cc1. The Morgan fingerprint density at radius 3 is 2.52 bits per heavy atom. The highest BCUT2D eigenvalue weighted by Crippen LogP contribution is 2.17. The number of benzene rings is 2. The molecular weight excluding hydrogens is 312 g/mol. The van der Waals surface area contributed by atoms with E-state index in [0.717, 1.165) is 16.8 Å². The van der Waals surface area contributed by atoms with E-state index in [1.807, 2.05) is 49.4 Å². The fourth-order valence-electron chi connectivity index (χ4n) is 2.13. The van der Waals surface area contributed by atoms with Crippen LogP contribution in [0, 0.1) is 6.92 Å². The fraction of sp³-hybridized carbons (Fsp3) is 0.118. The maximum absolute atomic E-state index is 12.2. The number of aryl methyl sites for hydroxylation is 1. The number of aromatic nitrogens is 3. The second-order valence-electron chi connectivity index (χ2n) is 5.21. The van der Waals surface area contributed by atoms with Crippen molar-refractivity contribution in [1.82, 2.24) is 15.2 Å². The van der Waals surface area contributed by atoms with Gasteiger partial charge in [-0.05, 0) is 30.7 Å². The molecule has 3 aromatic rings. The van der Waals surface area contributed by atoms with Gasteiger partial charge in [0.1, 0.15) is 5.69 Å². The molecule has 116 valence electrons. The van der Waals surface area contributed by atoms with Gasteiger partial charge < -0.3 is 5.32 Å². The second-order valence-corrected chi connectivity index (χ2v) is 5.62. The third-order valence-corrected chi connectivity index (χ3v) is 3.76. The molecule has 0 bridgehead atoms. The Labute approximate surface area is 138 Å². The van der Waals surface area contributed by atoms with Gasteiger partial charge in [-0.15, -0.1) is 10.2 Å². The number of hydrogen-bond acceptors (Lipinski definition) is 4. The zero-order valence-electron chi connectivity index (χ0n) is 12.5. The zero-order valence-corrected chi connectivity index (χ0v) is 13.3. The van der Waals surface area contributed by atoms with E-state index >= 15 is 0 Å². The molecule has 0 fully saturated rings. The van der Waals surface area contributed by atoms with Gasteiger partial charge >= 0.3 is 0 Å². The van der Waals surface area contributed by atoms with E-state index in [1.54, 1.807) is 6.07 Å². The summed E-state index contributed by atoms with van der Waals surface area (Å²) in [6.45, 7) is 2.01. The molecule has 6 heteroatoms. The predicted molar refractivity (Wildman–Crippen MR) is 91.4 cm³/mol. The predicted octanol–water partition coefficient (Wildman–Crippen LogP) is 3.46. The minimum atomic E-state index is -0.283. The molecule has 23 heavy (non-hydrogen) atoms. The number of nitrogens with zero attached hydrogens (tertiary/aromatic N) is 2. The summed E-state index contributed by atoms with van der Waals surface area (Å²) in [5, 5.41) is 11.7.